The average Bonchev–Trinajstić information content (AvgIpc) is 2.35. The molecule has 0 aliphatic rings. The number of halogens is 2. The van der Waals surface area contributed by atoms with Crippen LogP contribution in [0.5, 0.6) is 6.01 Å². The summed E-state index contributed by atoms with van der Waals surface area (Å²) in [5, 5.41) is 0. The first kappa shape index (κ1) is 13.1. The number of anilines is 1. The van der Waals surface area contributed by atoms with Gasteiger partial charge in [0.15, 0.2) is 5.82 Å². The van der Waals surface area contributed by atoms with Gasteiger partial charge in [0.2, 0.25) is 5.95 Å². The van der Waals surface area contributed by atoms with Gasteiger partial charge in [-0.05, 0) is 18.6 Å². The Morgan fingerprint density at radius 3 is 2.47 bits per heavy atom. The molecular weight excluding hydrogens is 254 g/mol. The Bertz CT molecular complexity index is 572. The number of rotatable bonds is 4. The molecule has 1 heterocycles. The molecule has 0 amide bonds. The number of nitrogens with two attached hydrogens (primary N) is 1. The minimum atomic E-state index is -0.771. The molecule has 0 atom stereocenters. The van der Waals surface area contributed by atoms with E-state index < -0.39 is 11.6 Å². The van der Waals surface area contributed by atoms with Crippen LogP contribution in [0.15, 0.2) is 18.2 Å². The zero-order chi connectivity index (χ0) is 13.8. The molecule has 7 heteroatoms. The lowest BCUT2D eigenvalue weighted by molar-refractivity contribution is 0.292. The number of hydrogen-bond donors (Lipinski definition) is 1. The van der Waals surface area contributed by atoms with Gasteiger partial charge in [-0.1, -0.05) is 13.0 Å². The van der Waals surface area contributed by atoms with E-state index in [1.165, 1.54) is 6.07 Å². The van der Waals surface area contributed by atoms with E-state index in [1.54, 1.807) is 0 Å². The summed E-state index contributed by atoms with van der Waals surface area (Å²) in [5.41, 5.74) is 5.13. The highest BCUT2D eigenvalue weighted by Gasteiger charge is 2.16. The lowest BCUT2D eigenvalue weighted by Gasteiger charge is -2.07. The van der Waals surface area contributed by atoms with E-state index in [4.69, 9.17) is 10.5 Å². The van der Waals surface area contributed by atoms with Crippen molar-refractivity contribution in [2.24, 2.45) is 0 Å². The standard InChI is InChI=1S/C12H12F2N4O/c1-2-6-19-12-17-10(16-11(15)18-12)9-7(13)4-3-5-8(9)14/h3-5H,2,6H2,1H3,(H2,15,16,17,18). The molecule has 0 bridgehead atoms. The minimum absolute atomic E-state index is 0.0491. The zero-order valence-corrected chi connectivity index (χ0v) is 10.2. The molecule has 0 spiro atoms. The lowest BCUT2D eigenvalue weighted by Crippen LogP contribution is -2.07. The summed E-state index contributed by atoms with van der Waals surface area (Å²) < 4.78 is 32.4. The fourth-order valence-electron chi connectivity index (χ4n) is 1.45. The predicted molar refractivity (Wildman–Crippen MR) is 65.4 cm³/mol. The Labute approximate surface area is 108 Å². The van der Waals surface area contributed by atoms with Gasteiger partial charge in [-0.25, -0.2) is 8.78 Å². The first-order valence-corrected chi connectivity index (χ1v) is 5.70. The van der Waals surface area contributed by atoms with Gasteiger partial charge < -0.3 is 10.5 Å². The second-order valence-corrected chi connectivity index (χ2v) is 3.74. The first-order chi connectivity index (χ1) is 9.11. The van der Waals surface area contributed by atoms with Crippen LogP contribution in [0.25, 0.3) is 11.4 Å². The number of hydrogen-bond acceptors (Lipinski definition) is 5. The Morgan fingerprint density at radius 1 is 1.16 bits per heavy atom. The van der Waals surface area contributed by atoms with Gasteiger partial charge in [-0.3, -0.25) is 0 Å². The van der Waals surface area contributed by atoms with Crippen LogP contribution in [-0.2, 0) is 0 Å². The molecule has 0 aliphatic carbocycles. The molecule has 2 rings (SSSR count). The minimum Gasteiger partial charge on any atom is -0.463 e. The van der Waals surface area contributed by atoms with Crippen molar-refractivity contribution in [2.45, 2.75) is 13.3 Å². The van der Waals surface area contributed by atoms with E-state index in [0.29, 0.717) is 6.61 Å². The van der Waals surface area contributed by atoms with E-state index in [0.717, 1.165) is 18.6 Å². The molecule has 1 aromatic heterocycles. The molecule has 1 aromatic carbocycles. The van der Waals surface area contributed by atoms with E-state index in [2.05, 4.69) is 15.0 Å². The molecule has 0 aliphatic heterocycles. The number of benzene rings is 1. The van der Waals surface area contributed by atoms with Crippen LogP contribution in [0.2, 0.25) is 0 Å². The largest absolute Gasteiger partial charge is 0.463 e. The van der Waals surface area contributed by atoms with Crippen LogP contribution < -0.4 is 10.5 Å². The molecule has 5 nitrogen and oxygen atoms in total. The Balaban J connectivity index is 2.47. The van der Waals surface area contributed by atoms with Crippen molar-refractivity contribution in [1.29, 1.82) is 0 Å². The van der Waals surface area contributed by atoms with Crippen molar-refractivity contribution in [3.8, 4) is 17.4 Å². The molecule has 0 radical (unpaired) electrons. The Hall–Kier alpha value is -2.31. The third-order valence-electron chi connectivity index (χ3n) is 2.25. The monoisotopic (exact) mass is 266 g/mol. The molecule has 0 fully saturated rings. The molecule has 19 heavy (non-hydrogen) atoms. The maximum Gasteiger partial charge on any atom is 0.321 e. The molecule has 0 saturated carbocycles. The van der Waals surface area contributed by atoms with Crippen LogP contribution in [0.1, 0.15) is 13.3 Å². The predicted octanol–water partition coefficient (Wildman–Crippen LogP) is 2.19. The Morgan fingerprint density at radius 2 is 1.84 bits per heavy atom. The van der Waals surface area contributed by atoms with E-state index in [1.807, 2.05) is 6.92 Å². The summed E-state index contributed by atoms with van der Waals surface area (Å²) in [6.07, 6.45) is 0.745. The van der Waals surface area contributed by atoms with Gasteiger partial charge in [0.1, 0.15) is 11.6 Å². The fraction of sp³-hybridized carbons (Fsp3) is 0.250. The van der Waals surface area contributed by atoms with Gasteiger partial charge in [0, 0.05) is 0 Å². The maximum absolute atomic E-state index is 13.6. The second kappa shape index (κ2) is 5.55. The number of ether oxygens (including phenoxy) is 1. The van der Waals surface area contributed by atoms with Crippen molar-refractivity contribution in [3.63, 3.8) is 0 Å². The maximum atomic E-state index is 13.6. The topological polar surface area (TPSA) is 73.9 Å². The SMILES string of the molecule is CCCOc1nc(N)nc(-c2c(F)cccc2F)n1. The van der Waals surface area contributed by atoms with E-state index in [-0.39, 0.29) is 23.3 Å². The first-order valence-electron chi connectivity index (χ1n) is 5.70. The van der Waals surface area contributed by atoms with Gasteiger partial charge in [0.25, 0.3) is 0 Å². The smallest absolute Gasteiger partial charge is 0.321 e. The van der Waals surface area contributed by atoms with Gasteiger partial charge >= 0.3 is 6.01 Å². The van der Waals surface area contributed by atoms with Gasteiger partial charge in [0.05, 0.1) is 12.2 Å². The highest BCUT2D eigenvalue weighted by atomic mass is 19.1. The van der Waals surface area contributed by atoms with Gasteiger partial charge in [-0.2, -0.15) is 15.0 Å². The summed E-state index contributed by atoms with van der Waals surface area (Å²) in [4.78, 5) is 11.3. The molecule has 0 saturated heterocycles. The fourth-order valence-corrected chi connectivity index (χ4v) is 1.45. The van der Waals surface area contributed by atoms with E-state index in [9.17, 15) is 8.78 Å². The average molecular weight is 266 g/mol. The van der Waals surface area contributed by atoms with Crippen molar-refractivity contribution in [2.75, 3.05) is 12.3 Å². The second-order valence-electron chi connectivity index (χ2n) is 3.74. The van der Waals surface area contributed by atoms with Crippen molar-refractivity contribution in [3.05, 3.63) is 29.8 Å². The van der Waals surface area contributed by atoms with Crippen LogP contribution in [0.4, 0.5) is 14.7 Å². The third kappa shape index (κ3) is 2.93. The van der Waals surface area contributed by atoms with Gasteiger partial charge in [-0.15, -0.1) is 0 Å². The quantitative estimate of drug-likeness (QED) is 0.918. The zero-order valence-electron chi connectivity index (χ0n) is 10.2. The Kier molecular flexibility index (Phi) is 3.84. The summed E-state index contributed by atoms with van der Waals surface area (Å²) in [6.45, 7) is 2.28. The summed E-state index contributed by atoms with van der Waals surface area (Å²) in [5.74, 6) is -1.88. The van der Waals surface area contributed by atoms with Crippen LogP contribution in [-0.4, -0.2) is 21.6 Å². The molecule has 0 unspecified atom stereocenters. The molecule has 2 aromatic rings. The summed E-state index contributed by atoms with van der Waals surface area (Å²) in [6, 6.07) is 3.44. The highest BCUT2D eigenvalue weighted by Crippen LogP contribution is 2.24. The van der Waals surface area contributed by atoms with Crippen LogP contribution in [0.3, 0.4) is 0 Å². The molecule has 2 N–H and O–H groups in total. The van der Waals surface area contributed by atoms with Crippen LogP contribution in [0, 0.1) is 11.6 Å². The highest BCUT2D eigenvalue weighted by molar-refractivity contribution is 5.57. The third-order valence-corrected chi connectivity index (χ3v) is 2.25. The normalized spacial score (nSPS) is 10.5. The molecule has 100 valence electrons. The van der Waals surface area contributed by atoms with E-state index >= 15 is 0 Å². The van der Waals surface area contributed by atoms with Crippen molar-refractivity contribution < 1.29 is 13.5 Å². The molecular formula is C12H12F2N4O. The van der Waals surface area contributed by atoms with Crippen molar-refractivity contribution >= 4 is 5.95 Å². The summed E-state index contributed by atoms with van der Waals surface area (Å²) in [7, 11) is 0. The van der Waals surface area contributed by atoms with Crippen LogP contribution >= 0.6 is 0 Å². The number of nitrogens with zero attached hydrogens (tertiary/aromatic N) is 3. The number of aromatic nitrogens is 3. The number of nitrogen functional groups attached to an aromatic ring is 1. The summed E-state index contributed by atoms with van der Waals surface area (Å²) >= 11 is 0. The lowest BCUT2D eigenvalue weighted by atomic mass is 10.2. The van der Waals surface area contributed by atoms with Crippen molar-refractivity contribution in [1.82, 2.24) is 15.0 Å².